The van der Waals surface area contributed by atoms with E-state index in [-0.39, 0.29) is 11.9 Å². The molecular weight excluding hydrogens is 266 g/mol. The third kappa shape index (κ3) is 2.10. The number of piperidine rings is 3. The lowest BCUT2D eigenvalue weighted by Crippen LogP contribution is -2.62. The van der Waals surface area contributed by atoms with Crippen molar-refractivity contribution in [3.05, 3.63) is 24.3 Å². The topological polar surface area (TPSA) is 73.9 Å². The van der Waals surface area contributed by atoms with Crippen LogP contribution in [0.5, 0.6) is 0 Å². The van der Waals surface area contributed by atoms with Gasteiger partial charge < -0.3 is 10.3 Å². The summed E-state index contributed by atoms with van der Waals surface area (Å²) in [6.45, 7) is 4.53. The predicted molar refractivity (Wildman–Crippen MR) is 78.9 cm³/mol. The molecule has 2 aromatic rings. The molecule has 2 aromatic heterocycles. The molecule has 6 heteroatoms. The van der Waals surface area contributed by atoms with Crippen LogP contribution in [0.4, 0.5) is 0 Å². The lowest BCUT2D eigenvalue weighted by Gasteiger charge is -2.49. The third-order valence-corrected chi connectivity index (χ3v) is 5.01. The second-order valence-corrected chi connectivity index (χ2v) is 6.10. The average molecular weight is 285 g/mol. The van der Waals surface area contributed by atoms with Crippen molar-refractivity contribution in [1.82, 2.24) is 25.2 Å². The minimum Gasteiger partial charge on any atom is -0.346 e. The Balaban J connectivity index is 1.54. The van der Waals surface area contributed by atoms with Gasteiger partial charge in [-0.05, 0) is 44.8 Å². The number of carbonyl (C=O) groups excluding carboxylic acids is 1. The van der Waals surface area contributed by atoms with Crippen molar-refractivity contribution in [2.24, 2.45) is 5.92 Å². The number of aromatic nitrogens is 3. The van der Waals surface area contributed by atoms with Crippen LogP contribution in [-0.2, 0) is 0 Å². The first-order valence-corrected chi connectivity index (χ1v) is 7.56. The second-order valence-electron chi connectivity index (χ2n) is 6.10. The normalized spacial score (nSPS) is 31.5. The minimum absolute atomic E-state index is 0.0921. The number of amides is 1. The lowest BCUT2D eigenvalue weighted by atomic mass is 9.79. The summed E-state index contributed by atoms with van der Waals surface area (Å²) in [7, 11) is 0. The lowest BCUT2D eigenvalue weighted by molar-refractivity contribution is 0.0216. The van der Waals surface area contributed by atoms with Crippen molar-refractivity contribution in [3.63, 3.8) is 0 Å². The van der Waals surface area contributed by atoms with Gasteiger partial charge in [-0.3, -0.25) is 9.69 Å². The number of imidazole rings is 1. The van der Waals surface area contributed by atoms with Crippen molar-refractivity contribution >= 4 is 16.9 Å². The van der Waals surface area contributed by atoms with Gasteiger partial charge in [-0.15, -0.1) is 0 Å². The summed E-state index contributed by atoms with van der Waals surface area (Å²) in [4.78, 5) is 26.3. The highest BCUT2D eigenvalue weighted by molar-refractivity contribution is 5.95. The van der Waals surface area contributed by atoms with E-state index in [9.17, 15) is 4.79 Å². The Morgan fingerprint density at radius 1 is 1.38 bits per heavy atom. The van der Waals surface area contributed by atoms with E-state index in [2.05, 4.69) is 32.1 Å². The Labute approximate surface area is 123 Å². The number of nitrogens with one attached hydrogen (secondary N) is 2. The predicted octanol–water partition coefficient (Wildman–Crippen LogP) is 1.17. The molecule has 5 heterocycles. The van der Waals surface area contributed by atoms with E-state index in [1.807, 2.05) is 0 Å². The van der Waals surface area contributed by atoms with Crippen molar-refractivity contribution in [1.29, 1.82) is 0 Å². The van der Waals surface area contributed by atoms with Gasteiger partial charge >= 0.3 is 0 Å². The van der Waals surface area contributed by atoms with E-state index in [1.54, 1.807) is 18.6 Å². The summed E-state index contributed by atoms with van der Waals surface area (Å²) >= 11 is 0. The van der Waals surface area contributed by atoms with Gasteiger partial charge in [0.2, 0.25) is 0 Å². The maximum Gasteiger partial charge on any atom is 0.270 e. The van der Waals surface area contributed by atoms with Gasteiger partial charge in [-0.25, -0.2) is 9.97 Å². The first-order valence-electron chi connectivity index (χ1n) is 7.56. The van der Waals surface area contributed by atoms with E-state index >= 15 is 0 Å². The molecule has 0 radical (unpaired) electrons. The second kappa shape index (κ2) is 4.80. The van der Waals surface area contributed by atoms with Crippen molar-refractivity contribution in [2.45, 2.75) is 31.8 Å². The van der Waals surface area contributed by atoms with Crippen LogP contribution in [0, 0.1) is 5.92 Å². The van der Waals surface area contributed by atoms with Crippen molar-refractivity contribution < 1.29 is 4.79 Å². The quantitative estimate of drug-likeness (QED) is 0.868. The van der Waals surface area contributed by atoms with Crippen LogP contribution in [0.1, 0.15) is 30.3 Å². The smallest absolute Gasteiger partial charge is 0.270 e. The number of rotatable bonds is 2. The maximum atomic E-state index is 12.5. The van der Waals surface area contributed by atoms with Gasteiger partial charge in [-0.2, -0.15) is 0 Å². The fraction of sp³-hybridized carbons (Fsp3) is 0.533. The minimum atomic E-state index is -0.0921. The van der Waals surface area contributed by atoms with Crippen LogP contribution in [0.15, 0.2) is 18.6 Å². The Kier molecular flexibility index (Phi) is 2.92. The first-order chi connectivity index (χ1) is 10.2. The average Bonchev–Trinajstić information content (AvgIpc) is 2.98. The Morgan fingerprint density at radius 3 is 2.95 bits per heavy atom. The van der Waals surface area contributed by atoms with Crippen LogP contribution in [0.3, 0.4) is 0 Å². The van der Waals surface area contributed by atoms with Crippen LogP contribution in [0.25, 0.3) is 11.0 Å². The number of hydrogen-bond acceptors (Lipinski definition) is 4. The summed E-state index contributed by atoms with van der Waals surface area (Å²) in [5.74, 6) is 0.508. The molecule has 5 rings (SSSR count). The monoisotopic (exact) mass is 285 g/mol. The molecule has 110 valence electrons. The highest BCUT2D eigenvalue weighted by atomic mass is 16.2. The highest BCUT2D eigenvalue weighted by Crippen LogP contribution is 2.32. The molecule has 3 aliphatic rings. The Bertz CT molecular complexity index is 672. The molecular formula is C15H19N5O. The number of aromatic amines is 1. The molecule has 0 saturated carbocycles. The molecule has 2 bridgehead atoms. The molecule has 2 N–H and O–H groups in total. The van der Waals surface area contributed by atoms with Crippen LogP contribution < -0.4 is 5.32 Å². The van der Waals surface area contributed by atoms with E-state index in [0.717, 1.165) is 24.1 Å². The summed E-state index contributed by atoms with van der Waals surface area (Å²) < 4.78 is 0. The fourth-order valence-electron chi connectivity index (χ4n) is 3.73. The fourth-order valence-corrected chi connectivity index (χ4v) is 3.73. The molecule has 6 nitrogen and oxygen atoms in total. The molecule has 3 saturated heterocycles. The zero-order valence-electron chi connectivity index (χ0n) is 12.0. The zero-order chi connectivity index (χ0) is 14.4. The number of H-pyrrole nitrogens is 1. The number of nitrogens with zero attached hydrogens (tertiary/aromatic N) is 3. The summed E-state index contributed by atoms with van der Waals surface area (Å²) in [5.41, 5.74) is 2.07. The molecule has 2 atom stereocenters. The van der Waals surface area contributed by atoms with E-state index in [4.69, 9.17) is 0 Å². The highest BCUT2D eigenvalue weighted by Gasteiger charge is 2.40. The Morgan fingerprint density at radius 2 is 2.19 bits per heavy atom. The molecule has 3 fully saturated rings. The molecule has 21 heavy (non-hydrogen) atoms. The largest absolute Gasteiger partial charge is 0.346 e. The van der Waals surface area contributed by atoms with E-state index in [1.165, 1.54) is 12.8 Å². The van der Waals surface area contributed by atoms with E-state index in [0.29, 0.717) is 17.7 Å². The van der Waals surface area contributed by atoms with Gasteiger partial charge in [0.25, 0.3) is 5.91 Å². The Hall–Kier alpha value is -1.95. The molecule has 3 aliphatic heterocycles. The standard InChI is InChI=1S/C15H19N5O/c1-9-14(10-2-4-20(9)5-3-10)19-15(21)12-6-11-13(7-16-12)18-8-17-11/h6-10,14H,2-5H2,1H3,(H,17,18)(H,19,21)/t9-,14+/m1/s1. The van der Waals surface area contributed by atoms with Crippen molar-refractivity contribution in [3.8, 4) is 0 Å². The summed E-state index contributed by atoms with van der Waals surface area (Å²) in [5, 5.41) is 3.19. The molecule has 0 aromatic carbocycles. The summed E-state index contributed by atoms with van der Waals surface area (Å²) in [6, 6.07) is 2.39. The molecule has 0 aliphatic carbocycles. The van der Waals surface area contributed by atoms with Crippen LogP contribution >= 0.6 is 0 Å². The zero-order valence-corrected chi connectivity index (χ0v) is 12.0. The van der Waals surface area contributed by atoms with Crippen LogP contribution in [-0.4, -0.2) is 50.9 Å². The van der Waals surface area contributed by atoms with E-state index < -0.39 is 0 Å². The van der Waals surface area contributed by atoms with Crippen LogP contribution in [0.2, 0.25) is 0 Å². The molecule has 0 unspecified atom stereocenters. The van der Waals surface area contributed by atoms with Gasteiger partial charge in [0.1, 0.15) is 5.69 Å². The number of hydrogen-bond donors (Lipinski definition) is 2. The molecule has 0 spiro atoms. The molecule has 1 amide bonds. The van der Waals surface area contributed by atoms with Gasteiger partial charge in [0, 0.05) is 12.1 Å². The third-order valence-electron chi connectivity index (χ3n) is 5.01. The van der Waals surface area contributed by atoms with Gasteiger partial charge in [0.15, 0.2) is 0 Å². The van der Waals surface area contributed by atoms with Gasteiger partial charge in [0.05, 0.1) is 23.6 Å². The summed E-state index contributed by atoms with van der Waals surface area (Å²) in [6.07, 6.45) is 5.64. The number of carbonyl (C=O) groups is 1. The SMILES string of the molecule is C[C@@H]1[C@H](NC(=O)c2cc3nc[nH]c3cn2)C2CCN1CC2. The van der Waals surface area contributed by atoms with Crippen molar-refractivity contribution in [2.75, 3.05) is 13.1 Å². The number of fused-ring (bicyclic) bond motifs is 4. The first kappa shape index (κ1) is 12.8. The number of pyridine rings is 1. The maximum absolute atomic E-state index is 12.5. The van der Waals surface area contributed by atoms with Gasteiger partial charge in [-0.1, -0.05) is 0 Å².